The van der Waals surface area contributed by atoms with E-state index in [9.17, 15) is 0 Å². The number of rotatable bonds is 5. The lowest BCUT2D eigenvalue weighted by Crippen LogP contribution is -2.53. The van der Waals surface area contributed by atoms with Crippen molar-refractivity contribution in [2.24, 2.45) is 0 Å². The molecule has 1 fully saturated rings. The fourth-order valence-electron chi connectivity index (χ4n) is 2.36. The first-order valence-corrected chi connectivity index (χ1v) is 6.61. The van der Waals surface area contributed by atoms with Crippen molar-refractivity contribution in [2.75, 3.05) is 39.8 Å². The minimum Gasteiger partial charge on any atom is -0.303 e. The normalized spacial score (nSPS) is 26.4. The Morgan fingerprint density at radius 3 is 2.65 bits per heavy atom. The minimum atomic E-state index is -0.384. The van der Waals surface area contributed by atoms with E-state index in [0.29, 0.717) is 6.04 Å². The number of nitriles is 1. The standard InChI is InChI=1S/C13H26N4/c1-5-17-9-8-16(10-12(17)2)7-6-13(3,11-14)15-4/h12,15H,5-10H2,1-4H3. The Bertz CT molecular complexity index is 273. The van der Waals surface area contributed by atoms with Crippen LogP contribution in [0.1, 0.15) is 27.2 Å². The van der Waals surface area contributed by atoms with Gasteiger partial charge in [-0.25, -0.2) is 0 Å². The summed E-state index contributed by atoms with van der Waals surface area (Å²) in [5, 5.41) is 12.2. The summed E-state index contributed by atoms with van der Waals surface area (Å²) in [5.74, 6) is 0. The molecule has 17 heavy (non-hydrogen) atoms. The van der Waals surface area contributed by atoms with E-state index in [0.717, 1.165) is 39.1 Å². The Morgan fingerprint density at radius 2 is 2.18 bits per heavy atom. The third-order valence-electron chi connectivity index (χ3n) is 3.98. The number of hydrogen-bond acceptors (Lipinski definition) is 4. The van der Waals surface area contributed by atoms with Gasteiger partial charge in [0.25, 0.3) is 0 Å². The average Bonchev–Trinajstić information content (AvgIpc) is 2.36. The van der Waals surface area contributed by atoms with E-state index in [4.69, 9.17) is 5.26 Å². The van der Waals surface area contributed by atoms with E-state index in [-0.39, 0.29) is 5.54 Å². The van der Waals surface area contributed by atoms with Gasteiger partial charge in [-0.1, -0.05) is 6.92 Å². The Morgan fingerprint density at radius 1 is 1.47 bits per heavy atom. The molecule has 0 aliphatic carbocycles. The van der Waals surface area contributed by atoms with Crippen molar-refractivity contribution in [2.45, 2.75) is 38.8 Å². The molecular weight excluding hydrogens is 212 g/mol. The maximum atomic E-state index is 9.11. The summed E-state index contributed by atoms with van der Waals surface area (Å²) in [6, 6.07) is 2.99. The van der Waals surface area contributed by atoms with E-state index >= 15 is 0 Å². The second kappa shape index (κ2) is 6.34. The summed E-state index contributed by atoms with van der Waals surface area (Å²) < 4.78 is 0. The van der Waals surface area contributed by atoms with E-state index < -0.39 is 0 Å². The number of nitrogens with one attached hydrogen (secondary N) is 1. The summed E-state index contributed by atoms with van der Waals surface area (Å²) >= 11 is 0. The van der Waals surface area contributed by atoms with Crippen LogP contribution in [0.25, 0.3) is 0 Å². The number of hydrogen-bond donors (Lipinski definition) is 1. The van der Waals surface area contributed by atoms with Gasteiger partial charge in [-0.2, -0.15) is 5.26 Å². The molecule has 1 N–H and O–H groups in total. The van der Waals surface area contributed by atoms with Crippen LogP contribution in [0.5, 0.6) is 0 Å². The molecular formula is C13H26N4. The summed E-state index contributed by atoms with van der Waals surface area (Å²) in [5.41, 5.74) is -0.384. The molecule has 0 saturated carbocycles. The second-order valence-corrected chi connectivity index (χ2v) is 5.22. The van der Waals surface area contributed by atoms with Gasteiger partial charge in [0.15, 0.2) is 0 Å². The minimum absolute atomic E-state index is 0.384. The van der Waals surface area contributed by atoms with Crippen LogP contribution in [-0.2, 0) is 0 Å². The monoisotopic (exact) mass is 238 g/mol. The van der Waals surface area contributed by atoms with Gasteiger partial charge in [-0.15, -0.1) is 0 Å². The molecule has 1 aliphatic rings. The zero-order valence-corrected chi connectivity index (χ0v) is 11.7. The van der Waals surface area contributed by atoms with Crippen molar-refractivity contribution in [1.29, 1.82) is 5.26 Å². The third-order valence-corrected chi connectivity index (χ3v) is 3.98. The second-order valence-electron chi connectivity index (χ2n) is 5.22. The van der Waals surface area contributed by atoms with Crippen LogP contribution in [0.4, 0.5) is 0 Å². The highest BCUT2D eigenvalue weighted by Gasteiger charge is 2.26. The zero-order valence-electron chi connectivity index (χ0n) is 11.7. The highest BCUT2D eigenvalue weighted by molar-refractivity contribution is 5.03. The van der Waals surface area contributed by atoms with Crippen molar-refractivity contribution in [3.05, 3.63) is 0 Å². The van der Waals surface area contributed by atoms with Crippen molar-refractivity contribution < 1.29 is 0 Å². The lowest BCUT2D eigenvalue weighted by Gasteiger charge is -2.40. The largest absolute Gasteiger partial charge is 0.303 e. The van der Waals surface area contributed by atoms with Gasteiger partial charge in [0.2, 0.25) is 0 Å². The Kier molecular flexibility index (Phi) is 5.38. The van der Waals surface area contributed by atoms with Gasteiger partial charge < -0.3 is 10.2 Å². The van der Waals surface area contributed by atoms with Crippen LogP contribution in [-0.4, -0.2) is 61.2 Å². The van der Waals surface area contributed by atoms with Gasteiger partial charge in [0.1, 0.15) is 5.54 Å². The molecule has 1 heterocycles. The number of nitrogens with zero attached hydrogens (tertiary/aromatic N) is 3. The number of piperazine rings is 1. The molecule has 98 valence electrons. The Labute approximate surface area is 106 Å². The SMILES string of the molecule is CCN1CCN(CCC(C)(C#N)NC)CC1C. The molecule has 1 rings (SSSR count). The smallest absolute Gasteiger partial charge is 0.104 e. The first-order chi connectivity index (χ1) is 8.04. The lowest BCUT2D eigenvalue weighted by molar-refractivity contribution is 0.0839. The van der Waals surface area contributed by atoms with Crippen LogP contribution in [0.3, 0.4) is 0 Å². The molecule has 0 bridgehead atoms. The fraction of sp³-hybridized carbons (Fsp3) is 0.923. The van der Waals surface area contributed by atoms with Crippen LogP contribution >= 0.6 is 0 Å². The molecule has 2 unspecified atom stereocenters. The van der Waals surface area contributed by atoms with Gasteiger partial charge in [0.05, 0.1) is 6.07 Å². The molecule has 4 heteroatoms. The molecule has 0 amide bonds. The summed E-state index contributed by atoms with van der Waals surface area (Å²) in [4.78, 5) is 4.99. The molecule has 0 aromatic heterocycles. The Balaban J connectivity index is 2.38. The topological polar surface area (TPSA) is 42.3 Å². The maximum absolute atomic E-state index is 9.11. The van der Waals surface area contributed by atoms with E-state index in [1.165, 1.54) is 0 Å². The molecule has 1 aliphatic heterocycles. The molecule has 4 nitrogen and oxygen atoms in total. The molecule has 0 radical (unpaired) electrons. The summed E-state index contributed by atoms with van der Waals surface area (Å²) in [6.07, 6.45) is 0.888. The molecule has 1 saturated heterocycles. The summed E-state index contributed by atoms with van der Waals surface area (Å²) in [7, 11) is 1.86. The maximum Gasteiger partial charge on any atom is 0.104 e. The van der Waals surface area contributed by atoms with Crippen LogP contribution in [0.2, 0.25) is 0 Å². The van der Waals surface area contributed by atoms with Crippen molar-refractivity contribution in [3.63, 3.8) is 0 Å². The average molecular weight is 238 g/mol. The van der Waals surface area contributed by atoms with Crippen molar-refractivity contribution in [3.8, 4) is 6.07 Å². The van der Waals surface area contributed by atoms with Gasteiger partial charge >= 0.3 is 0 Å². The number of likely N-dealkylation sites (N-methyl/N-ethyl adjacent to an activating group) is 1. The predicted molar refractivity (Wildman–Crippen MR) is 70.8 cm³/mol. The molecule has 0 spiro atoms. The predicted octanol–water partition coefficient (Wildman–Crippen LogP) is 0.904. The fourth-order valence-corrected chi connectivity index (χ4v) is 2.36. The van der Waals surface area contributed by atoms with E-state index in [1.54, 1.807) is 0 Å². The van der Waals surface area contributed by atoms with Gasteiger partial charge in [0, 0.05) is 32.2 Å². The summed E-state index contributed by atoms with van der Waals surface area (Å²) in [6.45, 7) is 12.0. The van der Waals surface area contributed by atoms with Gasteiger partial charge in [-0.3, -0.25) is 4.90 Å². The van der Waals surface area contributed by atoms with Crippen LogP contribution in [0.15, 0.2) is 0 Å². The third kappa shape index (κ3) is 3.95. The zero-order chi connectivity index (χ0) is 12.9. The quantitative estimate of drug-likeness (QED) is 0.773. The van der Waals surface area contributed by atoms with Crippen LogP contribution < -0.4 is 5.32 Å². The lowest BCUT2D eigenvalue weighted by atomic mass is 9.99. The van der Waals surface area contributed by atoms with Gasteiger partial charge in [-0.05, 0) is 33.9 Å². The first-order valence-electron chi connectivity index (χ1n) is 6.61. The highest BCUT2D eigenvalue weighted by Crippen LogP contribution is 2.13. The van der Waals surface area contributed by atoms with E-state index in [2.05, 4.69) is 35.0 Å². The van der Waals surface area contributed by atoms with Crippen LogP contribution in [0, 0.1) is 11.3 Å². The Hall–Kier alpha value is -0.630. The van der Waals surface area contributed by atoms with Crippen molar-refractivity contribution >= 4 is 0 Å². The molecule has 0 aromatic rings. The van der Waals surface area contributed by atoms with E-state index in [1.807, 2.05) is 14.0 Å². The molecule has 2 atom stereocenters. The van der Waals surface area contributed by atoms with Crippen molar-refractivity contribution in [1.82, 2.24) is 15.1 Å². The molecule has 0 aromatic carbocycles. The highest BCUT2D eigenvalue weighted by atomic mass is 15.3. The first kappa shape index (κ1) is 14.4.